The van der Waals surface area contributed by atoms with Crippen LogP contribution in [-0.4, -0.2) is 9.97 Å². The van der Waals surface area contributed by atoms with Crippen LogP contribution in [0.15, 0.2) is 40.9 Å². The van der Waals surface area contributed by atoms with E-state index in [0.29, 0.717) is 11.5 Å². The van der Waals surface area contributed by atoms with Crippen LogP contribution in [0.5, 0.6) is 0 Å². The largest absolute Gasteiger partial charge is 0.439 e. The van der Waals surface area contributed by atoms with Gasteiger partial charge in [-0.25, -0.2) is 9.37 Å². The number of aryl methyl sites for hydroxylation is 1. The van der Waals surface area contributed by atoms with Crippen molar-refractivity contribution < 1.29 is 8.81 Å². The lowest BCUT2D eigenvalue weighted by Crippen LogP contribution is -1.83. The summed E-state index contributed by atoms with van der Waals surface area (Å²) in [5.41, 5.74) is 3.03. The van der Waals surface area contributed by atoms with Crippen molar-refractivity contribution in [3.05, 3.63) is 48.2 Å². The Hall–Kier alpha value is -2.23. The van der Waals surface area contributed by atoms with Crippen LogP contribution in [0, 0.1) is 12.7 Å². The van der Waals surface area contributed by atoms with Crippen LogP contribution in [0.1, 0.15) is 5.89 Å². The smallest absolute Gasteiger partial charge is 0.192 e. The number of fused-ring (bicyclic) bond motifs is 1. The average molecular weight is 228 g/mol. The van der Waals surface area contributed by atoms with Crippen LogP contribution in [0.25, 0.3) is 22.4 Å². The van der Waals surface area contributed by atoms with Gasteiger partial charge in [0.1, 0.15) is 11.3 Å². The molecule has 0 aliphatic carbocycles. The minimum Gasteiger partial charge on any atom is -0.439 e. The molecule has 3 nitrogen and oxygen atoms in total. The van der Waals surface area contributed by atoms with E-state index >= 15 is 0 Å². The maximum Gasteiger partial charge on any atom is 0.192 e. The van der Waals surface area contributed by atoms with Gasteiger partial charge in [-0.05, 0) is 30.3 Å². The lowest BCUT2D eigenvalue weighted by molar-refractivity contribution is 0.560. The van der Waals surface area contributed by atoms with Crippen LogP contribution < -0.4 is 0 Å². The highest BCUT2D eigenvalue weighted by Gasteiger charge is 2.06. The van der Waals surface area contributed by atoms with Crippen LogP contribution in [0.2, 0.25) is 0 Å². The van der Waals surface area contributed by atoms with Crippen LogP contribution in [0.4, 0.5) is 4.39 Å². The van der Waals surface area contributed by atoms with Gasteiger partial charge >= 0.3 is 0 Å². The first-order valence-electron chi connectivity index (χ1n) is 5.21. The first-order valence-corrected chi connectivity index (χ1v) is 5.21. The molecule has 1 aromatic carbocycles. The molecule has 2 aromatic heterocycles. The molecular formula is C13H9FN2O. The molecule has 0 saturated heterocycles. The number of halogens is 1. The van der Waals surface area contributed by atoms with Crippen LogP contribution in [0.3, 0.4) is 0 Å². The highest BCUT2D eigenvalue weighted by atomic mass is 19.1. The standard InChI is InChI=1S/C13H9FN2O/c1-8-16-12-6-11(15-7-13(12)17-8)9-2-4-10(14)5-3-9/h2-7H,1H3. The van der Waals surface area contributed by atoms with E-state index < -0.39 is 0 Å². The SMILES string of the molecule is Cc1nc2cc(-c3ccc(F)cc3)ncc2o1. The van der Waals surface area contributed by atoms with Gasteiger partial charge in [0.2, 0.25) is 0 Å². The second kappa shape index (κ2) is 3.66. The van der Waals surface area contributed by atoms with E-state index in [1.165, 1.54) is 12.1 Å². The monoisotopic (exact) mass is 228 g/mol. The second-order valence-electron chi connectivity index (χ2n) is 3.78. The molecule has 0 aliphatic rings. The van der Waals surface area contributed by atoms with Crippen molar-refractivity contribution >= 4 is 11.1 Å². The number of oxazole rings is 1. The van der Waals surface area contributed by atoms with Crippen molar-refractivity contribution in [2.24, 2.45) is 0 Å². The molecule has 3 rings (SSSR count). The topological polar surface area (TPSA) is 38.9 Å². The molecule has 0 atom stereocenters. The Morgan fingerprint density at radius 2 is 1.94 bits per heavy atom. The van der Waals surface area contributed by atoms with Crippen LogP contribution >= 0.6 is 0 Å². The van der Waals surface area contributed by atoms with E-state index in [0.717, 1.165) is 16.8 Å². The Kier molecular flexibility index (Phi) is 2.14. The number of hydrogen-bond donors (Lipinski definition) is 0. The van der Waals surface area contributed by atoms with Gasteiger partial charge in [-0.2, -0.15) is 0 Å². The quantitative estimate of drug-likeness (QED) is 0.641. The Morgan fingerprint density at radius 3 is 2.71 bits per heavy atom. The van der Waals surface area contributed by atoms with E-state index in [1.54, 1.807) is 25.3 Å². The molecule has 2 heterocycles. The van der Waals surface area contributed by atoms with Crippen molar-refractivity contribution in [3.8, 4) is 11.3 Å². The number of pyridine rings is 1. The van der Waals surface area contributed by atoms with E-state index in [4.69, 9.17) is 4.42 Å². The highest BCUT2D eigenvalue weighted by molar-refractivity contribution is 5.77. The fourth-order valence-electron chi connectivity index (χ4n) is 1.73. The summed E-state index contributed by atoms with van der Waals surface area (Å²) in [4.78, 5) is 8.50. The number of nitrogens with zero attached hydrogens (tertiary/aromatic N) is 2. The van der Waals surface area contributed by atoms with Crippen molar-refractivity contribution in [3.63, 3.8) is 0 Å². The lowest BCUT2D eigenvalue weighted by Gasteiger charge is -1.99. The summed E-state index contributed by atoms with van der Waals surface area (Å²) in [6.07, 6.45) is 1.63. The van der Waals surface area contributed by atoms with Gasteiger partial charge in [0.25, 0.3) is 0 Å². The molecule has 0 spiro atoms. The van der Waals surface area contributed by atoms with Gasteiger partial charge in [-0.15, -0.1) is 0 Å². The van der Waals surface area contributed by atoms with Crippen molar-refractivity contribution in [2.45, 2.75) is 6.92 Å². The summed E-state index contributed by atoms with van der Waals surface area (Å²) >= 11 is 0. The molecule has 84 valence electrons. The Labute approximate surface area is 96.9 Å². The summed E-state index contributed by atoms with van der Waals surface area (Å²) in [6, 6.07) is 8.04. The number of rotatable bonds is 1. The predicted octanol–water partition coefficient (Wildman–Crippen LogP) is 3.34. The summed E-state index contributed by atoms with van der Waals surface area (Å²) in [7, 11) is 0. The number of aromatic nitrogens is 2. The first kappa shape index (κ1) is 9.96. The molecule has 0 saturated carbocycles. The van der Waals surface area contributed by atoms with Gasteiger partial charge in [0, 0.05) is 12.5 Å². The summed E-state index contributed by atoms with van der Waals surface area (Å²) < 4.78 is 18.2. The molecule has 0 N–H and O–H groups in total. The minimum atomic E-state index is -0.257. The lowest BCUT2D eigenvalue weighted by atomic mass is 10.1. The van der Waals surface area contributed by atoms with Gasteiger partial charge in [-0.3, -0.25) is 4.98 Å². The third-order valence-corrected chi connectivity index (χ3v) is 2.52. The molecule has 4 heteroatoms. The fraction of sp³-hybridized carbons (Fsp3) is 0.0769. The molecule has 0 amide bonds. The van der Waals surface area contributed by atoms with E-state index in [2.05, 4.69) is 9.97 Å². The zero-order valence-electron chi connectivity index (χ0n) is 9.14. The Morgan fingerprint density at radius 1 is 1.18 bits per heavy atom. The number of benzene rings is 1. The molecule has 0 bridgehead atoms. The summed E-state index contributed by atoms with van der Waals surface area (Å²) in [5, 5.41) is 0. The number of hydrogen-bond acceptors (Lipinski definition) is 3. The maximum absolute atomic E-state index is 12.8. The van der Waals surface area contributed by atoms with Gasteiger partial charge < -0.3 is 4.42 Å². The van der Waals surface area contributed by atoms with Gasteiger partial charge in [0.05, 0.1) is 11.9 Å². The molecule has 17 heavy (non-hydrogen) atoms. The van der Waals surface area contributed by atoms with Crippen molar-refractivity contribution in [1.82, 2.24) is 9.97 Å². The van der Waals surface area contributed by atoms with Gasteiger partial charge in [-0.1, -0.05) is 0 Å². The van der Waals surface area contributed by atoms with E-state index in [9.17, 15) is 4.39 Å². The van der Waals surface area contributed by atoms with E-state index in [1.807, 2.05) is 6.07 Å². The third-order valence-electron chi connectivity index (χ3n) is 2.52. The Bertz CT molecular complexity index is 673. The van der Waals surface area contributed by atoms with Crippen molar-refractivity contribution in [2.75, 3.05) is 0 Å². The van der Waals surface area contributed by atoms with Crippen molar-refractivity contribution in [1.29, 1.82) is 0 Å². The second-order valence-corrected chi connectivity index (χ2v) is 3.78. The highest BCUT2D eigenvalue weighted by Crippen LogP contribution is 2.22. The molecule has 0 unspecified atom stereocenters. The maximum atomic E-state index is 12.8. The fourth-order valence-corrected chi connectivity index (χ4v) is 1.73. The van der Waals surface area contributed by atoms with E-state index in [-0.39, 0.29) is 5.82 Å². The first-order chi connectivity index (χ1) is 8.22. The molecule has 0 radical (unpaired) electrons. The zero-order valence-corrected chi connectivity index (χ0v) is 9.14. The minimum absolute atomic E-state index is 0.257. The normalized spacial score (nSPS) is 10.9. The average Bonchev–Trinajstić information content (AvgIpc) is 2.69. The Balaban J connectivity index is 2.13. The van der Waals surface area contributed by atoms with Gasteiger partial charge in [0.15, 0.2) is 11.5 Å². The molecule has 0 fully saturated rings. The summed E-state index contributed by atoms with van der Waals surface area (Å²) in [5.74, 6) is 0.352. The predicted molar refractivity (Wildman–Crippen MR) is 61.9 cm³/mol. The van der Waals surface area contributed by atoms with Crippen LogP contribution in [-0.2, 0) is 0 Å². The molecular weight excluding hydrogens is 219 g/mol. The molecule has 3 aromatic rings. The zero-order chi connectivity index (χ0) is 11.8. The molecule has 0 aliphatic heterocycles. The summed E-state index contributed by atoms with van der Waals surface area (Å²) in [6.45, 7) is 1.79. The third kappa shape index (κ3) is 1.78.